The largest absolute Gasteiger partial charge is 0.412 e. The van der Waals surface area contributed by atoms with Crippen molar-refractivity contribution < 1.29 is 9.53 Å². The lowest BCUT2D eigenvalue weighted by molar-refractivity contribution is 0.200. The second-order valence-corrected chi connectivity index (χ2v) is 8.96. The number of aromatic nitrogens is 2. The van der Waals surface area contributed by atoms with Gasteiger partial charge in [-0.15, -0.1) is 0 Å². The number of amides is 1. The van der Waals surface area contributed by atoms with E-state index in [-0.39, 0.29) is 0 Å². The first kappa shape index (κ1) is 25.7. The topological polar surface area (TPSA) is 79.9 Å². The standard InChI is InChI=1S/C31H32N4O2/c1-24-34-29(26-13-7-5-8-14-26)30(27-15-9-6-10-16-27)35(24)22-12-4-2-3-11-21-33-31(36)37-28-19-17-25(23-32)18-20-28/h5-10,13-20H,2-4,11-12,21-22H2,1H3,(H,33,36). The molecule has 4 aromatic rings. The first-order valence-corrected chi connectivity index (χ1v) is 12.8. The average Bonchev–Trinajstić information content (AvgIpc) is 3.27. The highest BCUT2D eigenvalue weighted by Crippen LogP contribution is 2.33. The van der Waals surface area contributed by atoms with E-state index in [0.29, 0.717) is 17.9 Å². The number of nitrogens with zero attached hydrogens (tertiary/aromatic N) is 3. The van der Waals surface area contributed by atoms with Crippen molar-refractivity contribution in [3.63, 3.8) is 0 Å². The van der Waals surface area contributed by atoms with Crippen LogP contribution in [-0.2, 0) is 6.54 Å². The lowest BCUT2D eigenvalue weighted by atomic mass is 10.0. The zero-order chi connectivity index (χ0) is 25.9. The number of nitriles is 1. The van der Waals surface area contributed by atoms with Crippen molar-refractivity contribution in [2.24, 2.45) is 0 Å². The van der Waals surface area contributed by atoms with Gasteiger partial charge < -0.3 is 14.6 Å². The van der Waals surface area contributed by atoms with Gasteiger partial charge in [0.25, 0.3) is 0 Å². The van der Waals surface area contributed by atoms with Crippen LogP contribution in [0, 0.1) is 18.3 Å². The second-order valence-electron chi connectivity index (χ2n) is 8.96. The number of carbonyl (C=O) groups excluding carboxylic acids is 1. The fourth-order valence-corrected chi connectivity index (χ4v) is 4.38. The van der Waals surface area contributed by atoms with Crippen LogP contribution < -0.4 is 10.1 Å². The van der Waals surface area contributed by atoms with Gasteiger partial charge in [-0.2, -0.15) is 5.26 Å². The Bertz CT molecular complexity index is 1320. The summed E-state index contributed by atoms with van der Waals surface area (Å²) in [7, 11) is 0. The van der Waals surface area contributed by atoms with E-state index in [2.05, 4.69) is 65.3 Å². The van der Waals surface area contributed by atoms with Gasteiger partial charge in [-0.25, -0.2) is 9.78 Å². The van der Waals surface area contributed by atoms with Crippen LogP contribution in [0.1, 0.15) is 43.5 Å². The number of carbonyl (C=O) groups is 1. The first-order valence-electron chi connectivity index (χ1n) is 12.8. The number of hydrogen-bond donors (Lipinski definition) is 1. The fraction of sp³-hybridized carbons (Fsp3) is 0.258. The third-order valence-electron chi connectivity index (χ3n) is 6.27. The molecule has 6 nitrogen and oxygen atoms in total. The van der Waals surface area contributed by atoms with Gasteiger partial charge in [0.05, 0.1) is 23.0 Å². The third-order valence-corrected chi connectivity index (χ3v) is 6.27. The predicted octanol–water partition coefficient (Wildman–Crippen LogP) is 7.14. The molecule has 1 aromatic heterocycles. The first-order chi connectivity index (χ1) is 18.2. The van der Waals surface area contributed by atoms with Gasteiger partial charge in [-0.05, 0) is 44.0 Å². The molecule has 0 radical (unpaired) electrons. The van der Waals surface area contributed by atoms with E-state index in [0.717, 1.165) is 55.7 Å². The number of ether oxygens (including phenoxy) is 1. The van der Waals surface area contributed by atoms with Crippen LogP contribution in [0.25, 0.3) is 22.5 Å². The third kappa shape index (κ3) is 7.08. The summed E-state index contributed by atoms with van der Waals surface area (Å²) < 4.78 is 7.58. The van der Waals surface area contributed by atoms with Gasteiger partial charge in [-0.1, -0.05) is 79.9 Å². The molecular weight excluding hydrogens is 460 g/mol. The van der Waals surface area contributed by atoms with Crippen molar-refractivity contribution >= 4 is 6.09 Å². The van der Waals surface area contributed by atoms with E-state index >= 15 is 0 Å². The molecule has 37 heavy (non-hydrogen) atoms. The number of aryl methyl sites for hydroxylation is 1. The smallest absolute Gasteiger partial charge is 0.410 e. The van der Waals surface area contributed by atoms with Crippen LogP contribution in [0.4, 0.5) is 4.79 Å². The van der Waals surface area contributed by atoms with Crippen molar-refractivity contribution in [3.05, 3.63) is 96.3 Å². The molecule has 1 heterocycles. The number of unbranched alkanes of at least 4 members (excludes halogenated alkanes) is 4. The highest BCUT2D eigenvalue weighted by molar-refractivity contribution is 5.79. The zero-order valence-electron chi connectivity index (χ0n) is 21.2. The van der Waals surface area contributed by atoms with Crippen molar-refractivity contribution in [1.82, 2.24) is 14.9 Å². The maximum atomic E-state index is 11.9. The van der Waals surface area contributed by atoms with Gasteiger partial charge in [0.1, 0.15) is 11.6 Å². The Hall–Kier alpha value is -4.37. The zero-order valence-corrected chi connectivity index (χ0v) is 21.2. The average molecular weight is 493 g/mol. The summed E-state index contributed by atoms with van der Waals surface area (Å²) in [5.41, 5.74) is 5.05. The minimum atomic E-state index is -0.469. The molecule has 0 aliphatic carbocycles. The molecule has 0 atom stereocenters. The normalized spacial score (nSPS) is 10.6. The molecule has 0 unspecified atom stereocenters. The second kappa shape index (κ2) is 13.1. The van der Waals surface area contributed by atoms with Gasteiger partial charge in [0.15, 0.2) is 0 Å². The molecule has 0 bridgehead atoms. The summed E-state index contributed by atoms with van der Waals surface area (Å²) >= 11 is 0. The van der Waals surface area contributed by atoms with Crippen LogP contribution in [0.3, 0.4) is 0 Å². The molecule has 3 aromatic carbocycles. The molecule has 1 N–H and O–H groups in total. The summed E-state index contributed by atoms with van der Waals surface area (Å²) in [5, 5.41) is 11.6. The lowest BCUT2D eigenvalue weighted by Crippen LogP contribution is -2.27. The SMILES string of the molecule is Cc1nc(-c2ccccc2)c(-c2ccccc2)n1CCCCCCCNC(=O)Oc1ccc(C#N)cc1. The lowest BCUT2D eigenvalue weighted by Gasteiger charge is -2.12. The Kier molecular flexibility index (Phi) is 9.09. The van der Waals surface area contributed by atoms with Gasteiger partial charge in [-0.3, -0.25) is 0 Å². The number of imidazole rings is 1. The maximum Gasteiger partial charge on any atom is 0.412 e. The summed E-state index contributed by atoms with van der Waals surface area (Å²) in [6.07, 6.45) is 4.76. The molecule has 188 valence electrons. The highest BCUT2D eigenvalue weighted by Gasteiger charge is 2.17. The van der Waals surface area contributed by atoms with Crippen molar-refractivity contribution in [2.75, 3.05) is 6.54 Å². The number of rotatable bonds is 11. The van der Waals surface area contributed by atoms with E-state index in [1.165, 1.54) is 11.3 Å². The molecule has 0 saturated heterocycles. The molecule has 0 saturated carbocycles. The van der Waals surface area contributed by atoms with E-state index in [1.807, 2.05) is 18.2 Å². The molecule has 6 heteroatoms. The molecule has 0 aliphatic heterocycles. The van der Waals surface area contributed by atoms with Gasteiger partial charge in [0, 0.05) is 24.2 Å². The minimum Gasteiger partial charge on any atom is -0.410 e. The van der Waals surface area contributed by atoms with Gasteiger partial charge in [0.2, 0.25) is 0 Å². The van der Waals surface area contributed by atoms with Crippen molar-refractivity contribution in [3.8, 4) is 34.3 Å². The Balaban J connectivity index is 1.23. The Morgan fingerprint density at radius 2 is 1.49 bits per heavy atom. The van der Waals surface area contributed by atoms with Crippen LogP contribution in [-0.4, -0.2) is 22.2 Å². The van der Waals surface area contributed by atoms with E-state index in [1.54, 1.807) is 24.3 Å². The maximum absolute atomic E-state index is 11.9. The number of nitrogens with one attached hydrogen (secondary N) is 1. The monoisotopic (exact) mass is 492 g/mol. The molecule has 1 amide bonds. The number of hydrogen-bond acceptors (Lipinski definition) is 4. The Morgan fingerprint density at radius 3 is 2.16 bits per heavy atom. The quantitative estimate of drug-likeness (QED) is 0.226. The van der Waals surface area contributed by atoms with Crippen LogP contribution in [0.5, 0.6) is 5.75 Å². The summed E-state index contributed by atoms with van der Waals surface area (Å²) in [4.78, 5) is 16.9. The molecule has 4 rings (SSSR count). The van der Waals surface area contributed by atoms with Gasteiger partial charge >= 0.3 is 6.09 Å². The summed E-state index contributed by atoms with van der Waals surface area (Å²) in [6.45, 7) is 3.58. The van der Waals surface area contributed by atoms with E-state index in [9.17, 15) is 4.79 Å². The molecular formula is C31H32N4O2. The Labute approximate surface area is 218 Å². The fourth-order valence-electron chi connectivity index (χ4n) is 4.38. The van der Waals surface area contributed by atoms with Crippen molar-refractivity contribution in [1.29, 1.82) is 5.26 Å². The summed E-state index contributed by atoms with van der Waals surface area (Å²) in [5.74, 6) is 1.46. The van der Waals surface area contributed by atoms with Crippen LogP contribution in [0.15, 0.2) is 84.9 Å². The van der Waals surface area contributed by atoms with Crippen molar-refractivity contribution in [2.45, 2.75) is 45.6 Å². The molecule has 0 aliphatic rings. The highest BCUT2D eigenvalue weighted by atomic mass is 16.6. The Morgan fingerprint density at radius 1 is 0.865 bits per heavy atom. The predicted molar refractivity (Wildman–Crippen MR) is 146 cm³/mol. The van der Waals surface area contributed by atoms with E-state index < -0.39 is 6.09 Å². The minimum absolute atomic E-state index is 0.427. The van der Waals surface area contributed by atoms with Crippen LogP contribution >= 0.6 is 0 Å². The molecule has 0 fully saturated rings. The summed E-state index contributed by atoms with van der Waals surface area (Å²) in [6, 6.07) is 29.4. The van der Waals surface area contributed by atoms with Crippen LogP contribution in [0.2, 0.25) is 0 Å². The number of benzene rings is 3. The molecule has 0 spiro atoms. The van der Waals surface area contributed by atoms with E-state index in [4.69, 9.17) is 15.0 Å².